The van der Waals surface area contributed by atoms with Crippen LogP contribution in [0.4, 0.5) is 4.39 Å². The third kappa shape index (κ3) is 3.29. The number of hydrogen-bond acceptors (Lipinski definition) is 3. The number of benzene rings is 2. The van der Waals surface area contributed by atoms with Gasteiger partial charge in [-0.3, -0.25) is 0 Å². The maximum absolute atomic E-state index is 13.7. The van der Waals surface area contributed by atoms with Crippen molar-refractivity contribution in [1.29, 1.82) is 0 Å². The zero-order valence-corrected chi connectivity index (χ0v) is 12.5. The first kappa shape index (κ1) is 14.8. The van der Waals surface area contributed by atoms with Crippen molar-refractivity contribution in [2.75, 3.05) is 7.11 Å². The molecule has 0 unspecified atom stereocenters. The Hall–Kier alpha value is -1.59. The Balaban J connectivity index is 2.15. The van der Waals surface area contributed by atoms with E-state index in [0.29, 0.717) is 5.56 Å². The maximum atomic E-state index is 13.7. The fraction of sp³-hybridized carbons (Fsp3) is 0.200. The molecule has 106 valence electrons. The molecule has 0 saturated heterocycles. The molecule has 20 heavy (non-hydrogen) atoms. The number of ether oxygens (including phenoxy) is 2. The number of para-hydroxylation sites is 1. The minimum atomic E-state index is -0.482. The first-order chi connectivity index (χ1) is 9.65. The molecule has 2 aromatic rings. The summed E-state index contributed by atoms with van der Waals surface area (Å²) in [6, 6.07) is 9.96. The van der Waals surface area contributed by atoms with E-state index in [1.54, 1.807) is 19.2 Å². The lowest BCUT2D eigenvalue weighted by Crippen LogP contribution is -2.01. The van der Waals surface area contributed by atoms with Gasteiger partial charge in [0.15, 0.2) is 11.6 Å². The van der Waals surface area contributed by atoms with Crippen LogP contribution in [0.2, 0.25) is 0 Å². The van der Waals surface area contributed by atoms with Crippen LogP contribution in [-0.2, 0) is 13.2 Å². The first-order valence-electron chi connectivity index (χ1n) is 5.99. The van der Waals surface area contributed by atoms with Gasteiger partial charge in [-0.25, -0.2) is 4.39 Å². The second-order valence-corrected chi connectivity index (χ2v) is 5.00. The molecule has 0 atom stereocenters. The Kier molecular flexibility index (Phi) is 4.98. The molecule has 0 aliphatic rings. The van der Waals surface area contributed by atoms with Crippen LogP contribution in [0.5, 0.6) is 11.5 Å². The van der Waals surface area contributed by atoms with E-state index in [2.05, 4.69) is 15.9 Å². The van der Waals surface area contributed by atoms with E-state index in [1.165, 1.54) is 12.1 Å². The van der Waals surface area contributed by atoms with Gasteiger partial charge < -0.3 is 14.6 Å². The summed E-state index contributed by atoms with van der Waals surface area (Å²) in [4.78, 5) is 0. The monoisotopic (exact) mass is 340 g/mol. The molecular weight excluding hydrogens is 327 g/mol. The van der Waals surface area contributed by atoms with Gasteiger partial charge in [0.25, 0.3) is 0 Å². The third-order valence-electron chi connectivity index (χ3n) is 2.82. The van der Waals surface area contributed by atoms with E-state index in [-0.39, 0.29) is 19.0 Å². The van der Waals surface area contributed by atoms with Crippen LogP contribution >= 0.6 is 15.9 Å². The van der Waals surface area contributed by atoms with Gasteiger partial charge in [-0.2, -0.15) is 0 Å². The molecule has 0 aliphatic carbocycles. The van der Waals surface area contributed by atoms with Crippen LogP contribution < -0.4 is 9.47 Å². The summed E-state index contributed by atoms with van der Waals surface area (Å²) in [5.41, 5.74) is 1.29. The topological polar surface area (TPSA) is 38.7 Å². The SMILES string of the molecule is COc1ccc(COc2c(F)cccc2CO)cc1Br. The summed E-state index contributed by atoms with van der Waals surface area (Å²) >= 11 is 3.38. The second kappa shape index (κ2) is 6.72. The van der Waals surface area contributed by atoms with Crippen molar-refractivity contribution in [1.82, 2.24) is 0 Å². The number of methoxy groups -OCH3 is 1. The third-order valence-corrected chi connectivity index (χ3v) is 3.44. The van der Waals surface area contributed by atoms with Crippen molar-refractivity contribution in [3.8, 4) is 11.5 Å². The predicted octanol–water partition coefficient (Wildman–Crippen LogP) is 3.67. The highest BCUT2D eigenvalue weighted by Gasteiger charge is 2.10. The molecule has 2 rings (SSSR count). The fourth-order valence-electron chi connectivity index (χ4n) is 1.79. The Labute approximate surface area is 125 Å². The Morgan fingerprint density at radius 3 is 2.70 bits per heavy atom. The minimum absolute atomic E-state index is 0.0851. The number of aliphatic hydroxyl groups excluding tert-OH is 1. The highest BCUT2D eigenvalue weighted by Crippen LogP contribution is 2.27. The van der Waals surface area contributed by atoms with E-state index in [4.69, 9.17) is 9.47 Å². The van der Waals surface area contributed by atoms with Crippen molar-refractivity contribution >= 4 is 15.9 Å². The highest BCUT2D eigenvalue weighted by molar-refractivity contribution is 9.10. The molecule has 0 aliphatic heterocycles. The zero-order valence-electron chi connectivity index (χ0n) is 10.9. The van der Waals surface area contributed by atoms with Crippen molar-refractivity contribution < 1.29 is 19.0 Å². The van der Waals surface area contributed by atoms with Crippen LogP contribution in [0, 0.1) is 5.82 Å². The smallest absolute Gasteiger partial charge is 0.165 e. The van der Waals surface area contributed by atoms with Gasteiger partial charge in [0.05, 0.1) is 18.2 Å². The second-order valence-electron chi connectivity index (χ2n) is 4.14. The van der Waals surface area contributed by atoms with Crippen LogP contribution in [0.25, 0.3) is 0 Å². The Morgan fingerprint density at radius 2 is 2.05 bits per heavy atom. The molecule has 5 heteroatoms. The van der Waals surface area contributed by atoms with Gasteiger partial charge >= 0.3 is 0 Å². The van der Waals surface area contributed by atoms with Crippen molar-refractivity contribution in [3.05, 3.63) is 57.8 Å². The van der Waals surface area contributed by atoms with E-state index in [1.807, 2.05) is 12.1 Å². The van der Waals surface area contributed by atoms with Crippen LogP contribution in [0.3, 0.4) is 0 Å². The van der Waals surface area contributed by atoms with Crippen LogP contribution in [-0.4, -0.2) is 12.2 Å². The molecule has 0 heterocycles. The van der Waals surface area contributed by atoms with Gasteiger partial charge in [-0.15, -0.1) is 0 Å². The largest absolute Gasteiger partial charge is 0.496 e. The summed E-state index contributed by atoms with van der Waals surface area (Å²) in [6.07, 6.45) is 0. The van der Waals surface area contributed by atoms with E-state index in [9.17, 15) is 9.50 Å². The lowest BCUT2D eigenvalue weighted by atomic mass is 10.2. The first-order valence-corrected chi connectivity index (χ1v) is 6.78. The molecule has 0 amide bonds. The molecule has 2 aromatic carbocycles. The summed E-state index contributed by atoms with van der Waals surface area (Å²) < 4.78 is 25.1. The fourth-order valence-corrected chi connectivity index (χ4v) is 2.38. The standard InChI is InChI=1S/C15H14BrFO3/c1-19-14-6-5-10(7-12(14)16)9-20-15-11(8-18)3-2-4-13(15)17/h2-7,18H,8-9H2,1H3. The predicted molar refractivity (Wildman–Crippen MR) is 77.3 cm³/mol. The molecule has 0 spiro atoms. The maximum Gasteiger partial charge on any atom is 0.165 e. The summed E-state index contributed by atoms with van der Waals surface area (Å²) in [6.45, 7) is -0.0596. The van der Waals surface area contributed by atoms with Crippen molar-refractivity contribution in [3.63, 3.8) is 0 Å². The number of halogens is 2. The van der Waals surface area contributed by atoms with Crippen molar-refractivity contribution in [2.24, 2.45) is 0 Å². The Morgan fingerprint density at radius 1 is 1.25 bits per heavy atom. The average Bonchev–Trinajstić information content (AvgIpc) is 2.46. The van der Waals surface area contributed by atoms with E-state index in [0.717, 1.165) is 15.8 Å². The summed E-state index contributed by atoms with van der Waals surface area (Å²) in [5.74, 6) is 0.321. The van der Waals surface area contributed by atoms with Crippen LogP contribution in [0.15, 0.2) is 40.9 Å². The lowest BCUT2D eigenvalue weighted by molar-refractivity contribution is 0.251. The van der Waals surface area contributed by atoms with E-state index < -0.39 is 5.82 Å². The van der Waals surface area contributed by atoms with Gasteiger partial charge in [0, 0.05) is 5.56 Å². The average molecular weight is 341 g/mol. The van der Waals surface area contributed by atoms with Gasteiger partial charge in [0.2, 0.25) is 0 Å². The lowest BCUT2D eigenvalue weighted by Gasteiger charge is -2.12. The normalized spacial score (nSPS) is 10.4. The molecule has 3 nitrogen and oxygen atoms in total. The number of hydrogen-bond donors (Lipinski definition) is 1. The highest BCUT2D eigenvalue weighted by atomic mass is 79.9. The summed E-state index contributed by atoms with van der Waals surface area (Å²) in [7, 11) is 1.59. The molecule has 0 aromatic heterocycles. The Bertz CT molecular complexity index is 602. The van der Waals surface area contributed by atoms with Crippen LogP contribution in [0.1, 0.15) is 11.1 Å². The molecule has 0 saturated carbocycles. The molecule has 1 N–H and O–H groups in total. The van der Waals surface area contributed by atoms with Gasteiger partial charge in [0.1, 0.15) is 12.4 Å². The molecular formula is C15H14BrFO3. The molecule has 0 fully saturated rings. The van der Waals surface area contributed by atoms with Gasteiger partial charge in [-0.1, -0.05) is 18.2 Å². The van der Waals surface area contributed by atoms with Gasteiger partial charge in [-0.05, 0) is 39.7 Å². The molecule has 0 radical (unpaired) electrons. The quantitative estimate of drug-likeness (QED) is 0.902. The number of rotatable bonds is 5. The van der Waals surface area contributed by atoms with E-state index >= 15 is 0 Å². The molecule has 0 bridgehead atoms. The number of aliphatic hydroxyl groups is 1. The summed E-state index contributed by atoms with van der Waals surface area (Å²) in [5, 5.41) is 9.18. The zero-order chi connectivity index (χ0) is 14.5. The van der Waals surface area contributed by atoms with Crippen molar-refractivity contribution in [2.45, 2.75) is 13.2 Å². The minimum Gasteiger partial charge on any atom is -0.496 e.